The van der Waals surface area contributed by atoms with Crippen molar-refractivity contribution in [1.29, 1.82) is 0 Å². The largest absolute Gasteiger partial charge is 0.496 e. The number of aliphatic hydroxyl groups excluding tert-OH is 1. The number of hydrogen-bond acceptors (Lipinski definition) is 5. The maximum Gasteiger partial charge on any atom is 0.135 e. The number of aliphatic hydroxyl groups is 1. The van der Waals surface area contributed by atoms with Crippen molar-refractivity contribution >= 4 is 11.3 Å². The molecule has 0 spiro atoms. The zero-order valence-electron chi connectivity index (χ0n) is 11.6. The lowest BCUT2D eigenvalue weighted by molar-refractivity contribution is 0.146. The monoisotopic (exact) mass is 293 g/mol. The minimum atomic E-state index is -0.716. The number of thiophene rings is 1. The molecule has 0 fully saturated rings. The van der Waals surface area contributed by atoms with E-state index in [-0.39, 0.29) is 5.92 Å². The highest BCUT2D eigenvalue weighted by molar-refractivity contribution is 7.10. The summed E-state index contributed by atoms with van der Waals surface area (Å²) in [5.74, 6) is 1.19. The van der Waals surface area contributed by atoms with Crippen molar-refractivity contribution in [2.45, 2.75) is 12.0 Å². The summed E-state index contributed by atoms with van der Waals surface area (Å²) in [5.41, 5.74) is 6.78. The average molecular weight is 293 g/mol. The molecule has 5 heteroatoms. The van der Waals surface area contributed by atoms with E-state index < -0.39 is 6.10 Å². The molecule has 0 saturated heterocycles. The van der Waals surface area contributed by atoms with Crippen LogP contribution in [0.1, 0.15) is 22.5 Å². The summed E-state index contributed by atoms with van der Waals surface area (Å²) in [4.78, 5) is 0.786. The first-order valence-electron chi connectivity index (χ1n) is 6.35. The molecule has 0 aliphatic carbocycles. The van der Waals surface area contributed by atoms with Crippen LogP contribution >= 0.6 is 11.3 Å². The summed E-state index contributed by atoms with van der Waals surface area (Å²) in [6.07, 6.45) is -0.716. The van der Waals surface area contributed by atoms with E-state index in [0.717, 1.165) is 16.2 Å². The van der Waals surface area contributed by atoms with E-state index in [1.54, 1.807) is 14.2 Å². The minimum Gasteiger partial charge on any atom is -0.496 e. The van der Waals surface area contributed by atoms with Gasteiger partial charge in [-0.15, -0.1) is 11.3 Å². The van der Waals surface area contributed by atoms with Crippen molar-refractivity contribution in [3.8, 4) is 11.5 Å². The van der Waals surface area contributed by atoms with Gasteiger partial charge in [0.15, 0.2) is 0 Å². The summed E-state index contributed by atoms with van der Waals surface area (Å²) < 4.78 is 10.6. The Hall–Kier alpha value is -1.56. The molecule has 0 radical (unpaired) electrons. The highest BCUT2D eigenvalue weighted by Crippen LogP contribution is 2.40. The summed E-state index contributed by atoms with van der Waals surface area (Å²) in [7, 11) is 3.21. The van der Waals surface area contributed by atoms with Crippen molar-refractivity contribution < 1.29 is 14.6 Å². The molecule has 20 heavy (non-hydrogen) atoms. The molecule has 2 rings (SSSR count). The number of nitrogens with two attached hydrogens (primary N) is 1. The zero-order chi connectivity index (χ0) is 14.5. The highest BCUT2D eigenvalue weighted by Gasteiger charge is 2.27. The molecule has 3 N–H and O–H groups in total. The molecule has 2 unspecified atom stereocenters. The number of methoxy groups -OCH3 is 2. The lowest BCUT2D eigenvalue weighted by Gasteiger charge is -2.23. The first-order chi connectivity index (χ1) is 9.72. The second kappa shape index (κ2) is 6.74. The van der Waals surface area contributed by atoms with Gasteiger partial charge >= 0.3 is 0 Å². The van der Waals surface area contributed by atoms with Crippen LogP contribution in [-0.4, -0.2) is 25.9 Å². The Balaban J connectivity index is 2.37. The van der Waals surface area contributed by atoms with Gasteiger partial charge in [-0.3, -0.25) is 0 Å². The summed E-state index contributed by atoms with van der Waals surface area (Å²) in [5, 5.41) is 12.5. The van der Waals surface area contributed by atoms with Crippen LogP contribution in [0.3, 0.4) is 0 Å². The van der Waals surface area contributed by atoms with Gasteiger partial charge in [-0.05, 0) is 17.5 Å². The third-order valence-corrected chi connectivity index (χ3v) is 4.29. The lowest BCUT2D eigenvalue weighted by atomic mass is 9.91. The smallest absolute Gasteiger partial charge is 0.135 e. The number of ether oxygens (including phenoxy) is 2. The molecular weight excluding hydrogens is 274 g/mol. The van der Waals surface area contributed by atoms with Crippen LogP contribution in [0.5, 0.6) is 11.5 Å². The molecule has 0 aliphatic rings. The van der Waals surface area contributed by atoms with E-state index >= 15 is 0 Å². The molecule has 4 nitrogen and oxygen atoms in total. The topological polar surface area (TPSA) is 64.7 Å². The Morgan fingerprint density at radius 3 is 2.50 bits per heavy atom. The predicted molar refractivity (Wildman–Crippen MR) is 80.6 cm³/mol. The number of benzene rings is 1. The van der Waals surface area contributed by atoms with Crippen molar-refractivity contribution in [2.24, 2.45) is 5.73 Å². The third kappa shape index (κ3) is 2.80. The summed E-state index contributed by atoms with van der Waals surface area (Å²) in [6.45, 7) is 0.322. The Bertz CT molecular complexity index is 556. The fraction of sp³-hybridized carbons (Fsp3) is 0.333. The standard InChI is InChI=1S/C15H19NO3S/c1-18-12-6-4-3-5-10(12)11(9-16)14(17)15-13(19-2)7-8-20-15/h3-8,11,14,17H,9,16H2,1-2H3. The zero-order valence-corrected chi connectivity index (χ0v) is 12.4. The summed E-state index contributed by atoms with van der Waals surface area (Å²) >= 11 is 1.46. The molecule has 0 saturated carbocycles. The van der Waals surface area contributed by atoms with Gasteiger partial charge in [0.05, 0.1) is 19.1 Å². The van der Waals surface area contributed by atoms with Crippen molar-refractivity contribution in [3.05, 3.63) is 46.2 Å². The molecule has 2 aromatic rings. The lowest BCUT2D eigenvalue weighted by Crippen LogP contribution is -2.20. The second-order valence-electron chi connectivity index (χ2n) is 4.38. The van der Waals surface area contributed by atoms with Gasteiger partial charge in [-0.1, -0.05) is 18.2 Å². The van der Waals surface area contributed by atoms with E-state index in [9.17, 15) is 5.11 Å². The van der Waals surface area contributed by atoms with Crippen LogP contribution in [0.2, 0.25) is 0 Å². The fourth-order valence-corrected chi connectivity index (χ4v) is 3.18. The first kappa shape index (κ1) is 14.8. The minimum absolute atomic E-state index is 0.237. The van der Waals surface area contributed by atoms with Gasteiger partial charge in [-0.2, -0.15) is 0 Å². The fourth-order valence-electron chi connectivity index (χ4n) is 2.27. The third-order valence-electron chi connectivity index (χ3n) is 3.32. The van der Waals surface area contributed by atoms with Crippen molar-refractivity contribution in [2.75, 3.05) is 20.8 Å². The predicted octanol–water partition coefficient (Wildman–Crippen LogP) is 2.54. The quantitative estimate of drug-likeness (QED) is 0.859. The molecule has 0 bridgehead atoms. The van der Waals surface area contributed by atoms with Crippen LogP contribution < -0.4 is 15.2 Å². The van der Waals surface area contributed by atoms with Crippen LogP contribution in [0.4, 0.5) is 0 Å². The molecule has 1 aromatic heterocycles. The molecular formula is C15H19NO3S. The van der Waals surface area contributed by atoms with Crippen LogP contribution in [-0.2, 0) is 0 Å². The van der Waals surface area contributed by atoms with E-state index in [1.165, 1.54) is 11.3 Å². The number of para-hydroxylation sites is 1. The Kier molecular flexibility index (Phi) is 5.00. The van der Waals surface area contributed by atoms with Gasteiger partial charge in [0.1, 0.15) is 17.6 Å². The maximum atomic E-state index is 10.6. The van der Waals surface area contributed by atoms with Gasteiger partial charge in [-0.25, -0.2) is 0 Å². The molecule has 2 atom stereocenters. The van der Waals surface area contributed by atoms with Crippen LogP contribution in [0.25, 0.3) is 0 Å². The maximum absolute atomic E-state index is 10.6. The van der Waals surface area contributed by atoms with Gasteiger partial charge in [0.25, 0.3) is 0 Å². The Morgan fingerprint density at radius 2 is 1.85 bits per heavy atom. The van der Waals surface area contributed by atoms with E-state index in [0.29, 0.717) is 12.3 Å². The molecule has 0 amide bonds. The first-order valence-corrected chi connectivity index (χ1v) is 7.23. The Morgan fingerprint density at radius 1 is 1.15 bits per heavy atom. The second-order valence-corrected chi connectivity index (χ2v) is 5.33. The Labute approximate surface area is 122 Å². The average Bonchev–Trinajstić information content (AvgIpc) is 2.96. The molecule has 108 valence electrons. The van der Waals surface area contributed by atoms with Crippen molar-refractivity contribution in [3.63, 3.8) is 0 Å². The van der Waals surface area contributed by atoms with E-state index in [2.05, 4.69) is 0 Å². The normalized spacial score (nSPS) is 13.8. The van der Waals surface area contributed by atoms with Crippen LogP contribution in [0.15, 0.2) is 35.7 Å². The van der Waals surface area contributed by atoms with Gasteiger partial charge < -0.3 is 20.3 Å². The summed E-state index contributed by atoms with van der Waals surface area (Å²) in [6, 6.07) is 9.46. The number of hydrogen-bond donors (Lipinski definition) is 2. The number of rotatable bonds is 6. The molecule has 1 aromatic carbocycles. The van der Waals surface area contributed by atoms with E-state index in [4.69, 9.17) is 15.2 Å². The SMILES string of the molecule is COc1ccccc1C(CN)C(O)c1sccc1OC. The van der Waals surface area contributed by atoms with Gasteiger partial charge in [0.2, 0.25) is 0 Å². The van der Waals surface area contributed by atoms with E-state index in [1.807, 2.05) is 35.7 Å². The van der Waals surface area contributed by atoms with Gasteiger partial charge in [0, 0.05) is 18.0 Å². The van der Waals surface area contributed by atoms with Crippen molar-refractivity contribution in [1.82, 2.24) is 0 Å². The molecule has 1 heterocycles. The van der Waals surface area contributed by atoms with Crippen LogP contribution in [0, 0.1) is 0 Å². The molecule has 0 aliphatic heterocycles. The highest BCUT2D eigenvalue weighted by atomic mass is 32.1.